The lowest BCUT2D eigenvalue weighted by molar-refractivity contribution is -0.155. The number of hydrogen-bond donors (Lipinski definition) is 6. The first-order valence-corrected chi connectivity index (χ1v) is 17.6. The van der Waals surface area contributed by atoms with Gasteiger partial charge in [-0.15, -0.1) is 24.8 Å². The van der Waals surface area contributed by atoms with Gasteiger partial charge in [-0.3, -0.25) is 19.2 Å². The Kier molecular flexibility index (Phi) is 19.1. The van der Waals surface area contributed by atoms with Crippen LogP contribution in [-0.4, -0.2) is 83.9 Å². The summed E-state index contributed by atoms with van der Waals surface area (Å²) < 4.78 is 9.07. The van der Waals surface area contributed by atoms with Crippen molar-refractivity contribution in [1.82, 2.24) is 19.8 Å². The fourth-order valence-electron chi connectivity index (χ4n) is 5.88. The molecule has 2 amide bonds. The molecular formula is C39H53Cl2N5O10. The fourth-order valence-corrected chi connectivity index (χ4v) is 5.88. The second kappa shape index (κ2) is 21.8. The number of carboxylic acids is 3. The number of nitrogens with two attached hydrogens (primary N) is 1. The summed E-state index contributed by atoms with van der Waals surface area (Å²) in [6.07, 6.45) is 4.09. The largest absolute Gasteiger partial charge is 0.481 e. The van der Waals surface area contributed by atoms with Gasteiger partial charge in [0.2, 0.25) is 11.8 Å². The SMILES string of the molecule is C[C@@H](CCC(=O)OC(C)(C)C)C(=O)N[C@H](Cc1cn(C)c2ccccc12)C(=O)O.Cl.Cl.Cn1cc(C[C@@H](NC(=O)[C@@H](N)CCC(=O)O)C(=O)O)c2ccccc21. The predicted octanol–water partition coefficient (Wildman–Crippen LogP) is 4.37. The van der Waals surface area contributed by atoms with Gasteiger partial charge in [0, 0.05) is 79.9 Å². The van der Waals surface area contributed by atoms with E-state index in [0.29, 0.717) is 6.42 Å². The Balaban J connectivity index is 0.000000546. The summed E-state index contributed by atoms with van der Waals surface area (Å²) in [6, 6.07) is 12.1. The van der Waals surface area contributed by atoms with Gasteiger partial charge in [0.25, 0.3) is 0 Å². The van der Waals surface area contributed by atoms with E-state index in [2.05, 4.69) is 10.6 Å². The number of esters is 1. The standard InChI is InChI=1S/C22H30N2O5.C17H21N3O5.2ClH/c1-14(10-11-19(25)29-22(2,3)4)20(26)23-17(21(27)28)12-15-13-24(5)18-9-7-6-8-16(15)18;1-20-9-10(11-4-2-3-5-14(11)20)8-13(17(24)25)19-16(23)12(18)6-7-15(21)22;;/h6-9,13-14,17H,10-12H2,1-5H3,(H,23,26)(H,27,28);2-5,9,12-13H,6-8,18H2,1H3,(H,19,23)(H,21,22)(H,24,25);2*1H/t14-,17+;12-,13+;;/m00../s1. The van der Waals surface area contributed by atoms with Gasteiger partial charge in [-0.2, -0.15) is 0 Å². The number of carboxylic acid groups (broad SMARTS) is 3. The van der Waals surface area contributed by atoms with Crippen molar-refractivity contribution in [3.05, 3.63) is 72.1 Å². The van der Waals surface area contributed by atoms with E-state index in [4.69, 9.17) is 15.6 Å². The Hall–Kier alpha value is -5.12. The third-order valence-corrected chi connectivity index (χ3v) is 8.69. The molecule has 4 atom stereocenters. The number of aromatic nitrogens is 2. The van der Waals surface area contributed by atoms with Crippen LogP contribution in [0.2, 0.25) is 0 Å². The number of ether oxygens (including phenoxy) is 1. The second-order valence-corrected chi connectivity index (χ2v) is 14.3. The van der Waals surface area contributed by atoms with Gasteiger partial charge in [0.05, 0.1) is 6.04 Å². The summed E-state index contributed by atoms with van der Waals surface area (Å²) in [5, 5.41) is 34.5. The van der Waals surface area contributed by atoms with Crippen LogP contribution in [0.5, 0.6) is 0 Å². The third-order valence-electron chi connectivity index (χ3n) is 8.69. The normalized spacial score (nSPS) is 13.1. The highest BCUT2D eigenvalue weighted by Gasteiger charge is 2.27. The molecule has 0 aliphatic heterocycles. The Morgan fingerprint density at radius 2 is 1.14 bits per heavy atom. The molecule has 0 unspecified atom stereocenters. The van der Waals surface area contributed by atoms with Crippen LogP contribution < -0.4 is 16.4 Å². The lowest BCUT2D eigenvalue weighted by Gasteiger charge is -2.20. The number of carbonyl (C=O) groups is 6. The Morgan fingerprint density at radius 1 is 0.714 bits per heavy atom. The fraction of sp³-hybridized carbons (Fsp3) is 0.436. The lowest BCUT2D eigenvalue weighted by Crippen LogP contribution is -2.49. The topological polar surface area (TPSA) is 232 Å². The van der Waals surface area contributed by atoms with Gasteiger partial charge in [0.15, 0.2) is 0 Å². The van der Waals surface area contributed by atoms with Crippen molar-refractivity contribution in [2.45, 2.75) is 89.9 Å². The molecule has 0 saturated carbocycles. The van der Waals surface area contributed by atoms with E-state index in [1.807, 2.05) is 84.2 Å². The molecule has 7 N–H and O–H groups in total. The van der Waals surface area contributed by atoms with Crippen LogP contribution in [0.15, 0.2) is 60.9 Å². The number of fused-ring (bicyclic) bond motifs is 2. The Morgan fingerprint density at radius 3 is 1.55 bits per heavy atom. The van der Waals surface area contributed by atoms with E-state index in [1.165, 1.54) is 0 Å². The number of carbonyl (C=O) groups excluding carboxylic acids is 3. The van der Waals surface area contributed by atoms with Crippen molar-refractivity contribution in [2.75, 3.05) is 0 Å². The zero-order valence-corrected chi connectivity index (χ0v) is 33.9. The summed E-state index contributed by atoms with van der Waals surface area (Å²) in [7, 11) is 3.76. The summed E-state index contributed by atoms with van der Waals surface area (Å²) in [4.78, 5) is 70.1. The lowest BCUT2D eigenvalue weighted by atomic mass is 10.0. The maximum Gasteiger partial charge on any atom is 0.326 e. The van der Waals surface area contributed by atoms with Crippen molar-refractivity contribution in [3.8, 4) is 0 Å². The molecule has 4 rings (SSSR count). The summed E-state index contributed by atoms with van der Waals surface area (Å²) >= 11 is 0. The first kappa shape index (κ1) is 48.9. The number of halogens is 2. The van der Waals surface area contributed by atoms with E-state index in [0.717, 1.165) is 32.9 Å². The molecule has 2 heterocycles. The minimum Gasteiger partial charge on any atom is -0.481 e. The minimum absolute atomic E-state index is 0. The van der Waals surface area contributed by atoms with Crippen LogP contribution in [0.25, 0.3) is 21.8 Å². The van der Waals surface area contributed by atoms with Crippen molar-refractivity contribution in [1.29, 1.82) is 0 Å². The van der Waals surface area contributed by atoms with Gasteiger partial charge in [-0.1, -0.05) is 43.3 Å². The monoisotopic (exact) mass is 821 g/mol. The number of aryl methyl sites for hydroxylation is 2. The van der Waals surface area contributed by atoms with Gasteiger partial charge >= 0.3 is 23.9 Å². The summed E-state index contributed by atoms with van der Waals surface area (Å²) in [5.41, 5.74) is 8.68. The van der Waals surface area contributed by atoms with Crippen molar-refractivity contribution < 1.29 is 48.8 Å². The molecule has 2 aromatic heterocycles. The molecule has 0 aliphatic rings. The number of para-hydroxylation sites is 2. The quantitative estimate of drug-likeness (QED) is 0.0869. The number of hydrogen-bond acceptors (Lipinski definition) is 8. The molecule has 4 aromatic rings. The van der Waals surface area contributed by atoms with Crippen molar-refractivity contribution in [3.63, 3.8) is 0 Å². The highest BCUT2D eigenvalue weighted by atomic mass is 35.5. The maximum absolute atomic E-state index is 12.5. The summed E-state index contributed by atoms with van der Waals surface area (Å²) in [6.45, 7) is 7.03. The van der Waals surface area contributed by atoms with Crippen LogP contribution in [-0.2, 0) is 60.4 Å². The number of rotatable bonds is 16. The van der Waals surface area contributed by atoms with Crippen molar-refractivity contribution >= 4 is 82.3 Å². The predicted molar refractivity (Wildman–Crippen MR) is 216 cm³/mol. The molecular weight excluding hydrogens is 769 g/mol. The van der Waals surface area contributed by atoms with Gasteiger partial charge in [-0.05, 0) is 56.9 Å². The molecule has 308 valence electrons. The number of aliphatic carboxylic acids is 3. The molecule has 0 fully saturated rings. The van der Waals surface area contributed by atoms with E-state index in [1.54, 1.807) is 27.7 Å². The molecule has 0 radical (unpaired) electrons. The smallest absolute Gasteiger partial charge is 0.326 e. The first-order valence-electron chi connectivity index (χ1n) is 17.6. The van der Waals surface area contributed by atoms with Crippen molar-refractivity contribution in [2.24, 2.45) is 25.7 Å². The highest BCUT2D eigenvalue weighted by Crippen LogP contribution is 2.23. The van der Waals surface area contributed by atoms with E-state index in [9.17, 15) is 39.0 Å². The third kappa shape index (κ3) is 14.5. The summed E-state index contributed by atoms with van der Waals surface area (Å²) in [5.74, 6) is -5.26. The van der Waals surface area contributed by atoms with Crippen LogP contribution in [0, 0.1) is 5.92 Å². The highest BCUT2D eigenvalue weighted by molar-refractivity contribution is 5.90. The van der Waals surface area contributed by atoms with Crippen LogP contribution in [0.4, 0.5) is 0 Å². The average molecular weight is 823 g/mol. The molecule has 56 heavy (non-hydrogen) atoms. The number of nitrogens with one attached hydrogen (secondary N) is 2. The molecule has 0 bridgehead atoms. The second-order valence-electron chi connectivity index (χ2n) is 14.3. The van der Waals surface area contributed by atoms with Gasteiger partial charge in [-0.25, -0.2) is 9.59 Å². The molecule has 0 saturated heterocycles. The molecule has 2 aromatic carbocycles. The number of benzene rings is 2. The van der Waals surface area contributed by atoms with Gasteiger partial charge in [0.1, 0.15) is 17.7 Å². The average Bonchev–Trinajstić information content (AvgIpc) is 3.59. The van der Waals surface area contributed by atoms with E-state index in [-0.39, 0.29) is 68.8 Å². The number of amides is 2. The van der Waals surface area contributed by atoms with Crippen LogP contribution in [0.1, 0.15) is 64.5 Å². The minimum atomic E-state index is -1.17. The molecule has 15 nitrogen and oxygen atoms in total. The van der Waals surface area contributed by atoms with E-state index < -0.39 is 53.5 Å². The maximum atomic E-state index is 12.5. The zero-order chi connectivity index (χ0) is 40.3. The Bertz CT molecular complexity index is 1990. The van der Waals surface area contributed by atoms with E-state index >= 15 is 0 Å². The number of nitrogens with zero attached hydrogens (tertiary/aromatic N) is 2. The first-order chi connectivity index (χ1) is 25.3. The molecule has 17 heteroatoms. The van der Waals surface area contributed by atoms with Gasteiger partial charge < -0.3 is 45.6 Å². The van der Waals surface area contributed by atoms with Crippen LogP contribution in [0.3, 0.4) is 0 Å². The Labute approximate surface area is 337 Å². The molecule has 0 spiro atoms. The molecule has 0 aliphatic carbocycles. The van der Waals surface area contributed by atoms with Crippen LogP contribution >= 0.6 is 24.8 Å². The zero-order valence-electron chi connectivity index (χ0n) is 32.3.